The van der Waals surface area contributed by atoms with E-state index >= 15 is 0 Å². The molecule has 25 heavy (non-hydrogen) atoms. The van der Waals surface area contributed by atoms with Gasteiger partial charge in [0.1, 0.15) is 6.10 Å². The maximum Gasteiger partial charge on any atom is 0.246 e. The average Bonchev–Trinajstić information content (AvgIpc) is 3.21. The summed E-state index contributed by atoms with van der Waals surface area (Å²) in [5.41, 5.74) is 0. The van der Waals surface area contributed by atoms with Gasteiger partial charge >= 0.3 is 0 Å². The van der Waals surface area contributed by atoms with Crippen molar-refractivity contribution < 1.29 is 9.26 Å². The summed E-state index contributed by atoms with van der Waals surface area (Å²) in [6, 6.07) is 0.483. The summed E-state index contributed by atoms with van der Waals surface area (Å²) in [4.78, 5) is 8.63. The summed E-state index contributed by atoms with van der Waals surface area (Å²) in [7, 11) is 1.78. The van der Waals surface area contributed by atoms with E-state index in [1.807, 2.05) is 13.8 Å². The highest BCUT2D eigenvalue weighted by atomic mass is 127. The summed E-state index contributed by atoms with van der Waals surface area (Å²) in [6.07, 6.45) is 3.50. The van der Waals surface area contributed by atoms with Crippen LogP contribution in [0.4, 0.5) is 0 Å². The molecule has 3 atom stereocenters. The highest BCUT2D eigenvalue weighted by Gasteiger charge is 2.25. The lowest BCUT2D eigenvalue weighted by atomic mass is 10.2. The van der Waals surface area contributed by atoms with Gasteiger partial charge in [-0.15, -0.1) is 24.0 Å². The van der Waals surface area contributed by atoms with E-state index in [2.05, 4.69) is 44.5 Å². The number of ether oxygens (including phenoxy) is 1. The van der Waals surface area contributed by atoms with Crippen LogP contribution < -0.4 is 10.6 Å². The van der Waals surface area contributed by atoms with Gasteiger partial charge in [0, 0.05) is 24.9 Å². The van der Waals surface area contributed by atoms with Crippen LogP contribution in [0.1, 0.15) is 57.9 Å². The topological polar surface area (TPSA) is 84.6 Å². The number of guanidine groups is 1. The third-order valence-corrected chi connectivity index (χ3v) is 5.26. The van der Waals surface area contributed by atoms with Gasteiger partial charge in [-0.2, -0.15) is 16.7 Å². The monoisotopic (exact) mass is 483 g/mol. The normalized spacial score (nSPS) is 21.7. The molecule has 9 heteroatoms. The molecule has 1 aliphatic rings. The van der Waals surface area contributed by atoms with E-state index in [0.29, 0.717) is 30.9 Å². The number of hydrogen-bond donors (Lipinski definition) is 2. The molecular formula is C16H30IN5O2S. The number of halogens is 1. The number of rotatable bonds is 8. The first-order chi connectivity index (χ1) is 11.7. The molecule has 1 fully saturated rings. The molecule has 1 heterocycles. The zero-order valence-electron chi connectivity index (χ0n) is 15.4. The molecule has 2 rings (SSSR count). The number of hydrogen-bond acceptors (Lipinski definition) is 6. The van der Waals surface area contributed by atoms with Crippen LogP contribution in [-0.2, 0) is 11.3 Å². The number of thioether (sulfide) groups is 1. The van der Waals surface area contributed by atoms with Gasteiger partial charge in [0.2, 0.25) is 5.89 Å². The first-order valence-corrected chi connectivity index (χ1v) is 9.73. The van der Waals surface area contributed by atoms with Gasteiger partial charge in [0.05, 0.1) is 6.54 Å². The lowest BCUT2D eigenvalue weighted by molar-refractivity contribution is 0.0683. The highest BCUT2D eigenvalue weighted by Crippen LogP contribution is 2.29. The SMILES string of the molecule is CCOC(C)c1noc(CNC(=NC)NC2CCC(SCC)C2)n1.I. The lowest BCUT2D eigenvalue weighted by Crippen LogP contribution is -2.42. The summed E-state index contributed by atoms with van der Waals surface area (Å²) in [5.74, 6) is 3.07. The molecule has 0 bridgehead atoms. The Balaban J connectivity index is 0.00000312. The van der Waals surface area contributed by atoms with E-state index in [0.717, 1.165) is 11.2 Å². The van der Waals surface area contributed by atoms with Crippen LogP contribution in [-0.4, -0.2) is 46.8 Å². The average molecular weight is 483 g/mol. The van der Waals surface area contributed by atoms with Gasteiger partial charge in [-0.1, -0.05) is 12.1 Å². The van der Waals surface area contributed by atoms with Crippen molar-refractivity contribution in [1.82, 2.24) is 20.8 Å². The summed E-state index contributed by atoms with van der Waals surface area (Å²) >= 11 is 2.05. The number of aromatic nitrogens is 2. The molecular weight excluding hydrogens is 453 g/mol. The fourth-order valence-electron chi connectivity index (χ4n) is 2.84. The minimum absolute atomic E-state index is 0. The number of nitrogens with one attached hydrogen (secondary N) is 2. The Kier molecular flexibility index (Phi) is 10.7. The van der Waals surface area contributed by atoms with Crippen LogP contribution in [0.25, 0.3) is 0 Å². The van der Waals surface area contributed by atoms with Crippen molar-refractivity contribution in [3.63, 3.8) is 0 Å². The lowest BCUT2D eigenvalue weighted by Gasteiger charge is -2.16. The van der Waals surface area contributed by atoms with Crippen molar-refractivity contribution in [1.29, 1.82) is 0 Å². The standard InChI is InChI=1S/C16H29N5O2S.HI/c1-5-22-11(3)15-20-14(23-21-15)10-18-16(17-4)19-12-7-8-13(9-12)24-6-2;/h11-13H,5-10H2,1-4H3,(H2,17,18,19);1H. The van der Waals surface area contributed by atoms with E-state index < -0.39 is 0 Å². The Morgan fingerprint density at radius 2 is 2.24 bits per heavy atom. The second-order valence-electron chi connectivity index (χ2n) is 5.80. The summed E-state index contributed by atoms with van der Waals surface area (Å²) < 4.78 is 10.7. The molecule has 1 saturated carbocycles. The molecule has 0 amide bonds. The maximum atomic E-state index is 5.46. The van der Waals surface area contributed by atoms with Gasteiger partial charge in [0.15, 0.2) is 11.8 Å². The van der Waals surface area contributed by atoms with Crippen LogP contribution >= 0.6 is 35.7 Å². The van der Waals surface area contributed by atoms with E-state index in [1.165, 1.54) is 25.0 Å². The van der Waals surface area contributed by atoms with Crippen LogP contribution in [0, 0.1) is 0 Å². The molecule has 2 N–H and O–H groups in total. The second-order valence-corrected chi connectivity index (χ2v) is 7.38. The first-order valence-electron chi connectivity index (χ1n) is 8.69. The van der Waals surface area contributed by atoms with Crippen molar-refractivity contribution in [2.45, 2.75) is 64.0 Å². The Labute approximate surface area is 171 Å². The quantitative estimate of drug-likeness (QED) is 0.334. The Morgan fingerprint density at radius 3 is 2.92 bits per heavy atom. The van der Waals surface area contributed by atoms with Crippen molar-refractivity contribution in [3.05, 3.63) is 11.7 Å². The fourth-order valence-corrected chi connectivity index (χ4v) is 3.98. The molecule has 7 nitrogen and oxygen atoms in total. The van der Waals surface area contributed by atoms with Crippen LogP contribution in [0.5, 0.6) is 0 Å². The minimum atomic E-state index is -0.156. The first kappa shape index (κ1) is 22.5. The van der Waals surface area contributed by atoms with Gasteiger partial charge < -0.3 is 19.9 Å². The van der Waals surface area contributed by atoms with E-state index in [-0.39, 0.29) is 30.1 Å². The highest BCUT2D eigenvalue weighted by molar-refractivity contribution is 14.0. The summed E-state index contributed by atoms with van der Waals surface area (Å²) in [6.45, 7) is 7.15. The number of aliphatic imine (C=N–C) groups is 1. The van der Waals surface area contributed by atoms with Crippen molar-refractivity contribution in [2.24, 2.45) is 4.99 Å². The predicted molar refractivity (Wildman–Crippen MR) is 113 cm³/mol. The molecule has 0 aromatic carbocycles. The van der Waals surface area contributed by atoms with Crippen LogP contribution in [0.2, 0.25) is 0 Å². The second kappa shape index (κ2) is 11.9. The Hall–Kier alpha value is -0.550. The molecule has 144 valence electrons. The third kappa shape index (κ3) is 7.30. The zero-order chi connectivity index (χ0) is 17.4. The fraction of sp³-hybridized carbons (Fsp3) is 0.812. The molecule has 0 radical (unpaired) electrons. The number of nitrogens with zero attached hydrogens (tertiary/aromatic N) is 3. The molecule has 1 aromatic heterocycles. The van der Waals surface area contributed by atoms with Crippen molar-refractivity contribution in [3.8, 4) is 0 Å². The van der Waals surface area contributed by atoms with Gasteiger partial charge in [-0.05, 0) is 38.9 Å². The van der Waals surface area contributed by atoms with E-state index in [9.17, 15) is 0 Å². The summed E-state index contributed by atoms with van der Waals surface area (Å²) in [5, 5.41) is 11.4. The molecule has 0 aliphatic heterocycles. The Morgan fingerprint density at radius 1 is 1.44 bits per heavy atom. The van der Waals surface area contributed by atoms with Gasteiger partial charge in [-0.3, -0.25) is 4.99 Å². The predicted octanol–water partition coefficient (Wildman–Crippen LogP) is 3.12. The van der Waals surface area contributed by atoms with Gasteiger partial charge in [-0.25, -0.2) is 0 Å². The van der Waals surface area contributed by atoms with Gasteiger partial charge in [0.25, 0.3) is 0 Å². The van der Waals surface area contributed by atoms with Crippen molar-refractivity contribution in [2.75, 3.05) is 19.4 Å². The largest absolute Gasteiger partial charge is 0.371 e. The molecule has 0 spiro atoms. The zero-order valence-corrected chi connectivity index (χ0v) is 18.6. The maximum absolute atomic E-state index is 5.46. The molecule has 3 unspecified atom stereocenters. The van der Waals surface area contributed by atoms with E-state index in [4.69, 9.17) is 9.26 Å². The molecule has 1 aromatic rings. The smallest absolute Gasteiger partial charge is 0.246 e. The Bertz CT molecular complexity index is 528. The van der Waals surface area contributed by atoms with Crippen molar-refractivity contribution >= 4 is 41.7 Å². The van der Waals surface area contributed by atoms with Crippen LogP contribution in [0.3, 0.4) is 0 Å². The van der Waals surface area contributed by atoms with E-state index in [1.54, 1.807) is 7.05 Å². The molecule has 1 aliphatic carbocycles. The molecule has 0 saturated heterocycles. The third-order valence-electron chi connectivity index (χ3n) is 4.02. The minimum Gasteiger partial charge on any atom is -0.371 e. The van der Waals surface area contributed by atoms with Crippen LogP contribution in [0.15, 0.2) is 9.52 Å².